The summed E-state index contributed by atoms with van der Waals surface area (Å²) in [6, 6.07) is 8.53. The summed E-state index contributed by atoms with van der Waals surface area (Å²) in [5.74, 6) is 0. The molecule has 0 fully saturated rings. The molecule has 72 valence electrons. The van der Waals surface area contributed by atoms with Crippen molar-refractivity contribution in [3.63, 3.8) is 0 Å². The van der Waals surface area contributed by atoms with Gasteiger partial charge >= 0.3 is 0 Å². The Bertz CT molecular complexity index is 468. The molecule has 0 radical (unpaired) electrons. The van der Waals surface area contributed by atoms with Crippen LogP contribution in [-0.4, -0.2) is 5.33 Å². The van der Waals surface area contributed by atoms with E-state index in [1.807, 2.05) is 0 Å². The third-order valence-electron chi connectivity index (χ3n) is 2.12. The lowest BCUT2D eigenvalue weighted by Gasteiger charge is -1.94. The Balaban J connectivity index is 2.53. The van der Waals surface area contributed by atoms with Crippen LogP contribution >= 0.6 is 27.3 Å². The van der Waals surface area contributed by atoms with E-state index in [0.717, 1.165) is 5.33 Å². The van der Waals surface area contributed by atoms with Crippen LogP contribution in [0.2, 0.25) is 0 Å². The molecule has 0 saturated heterocycles. The van der Waals surface area contributed by atoms with Crippen molar-refractivity contribution in [3.8, 4) is 0 Å². The molecule has 1 aromatic carbocycles. The minimum Gasteiger partial charge on any atom is -0.143 e. The maximum Gasteiger partial charge on any atom is 0.0348 e. The van der Waals surface area contributed by atoms with Crippen LogP contribution in [-0.2, 0) is 0 Å². The molecule has 2 aromatic rings. The SMILES string of the molecule is CC(=Cc1csc2ccccc12)CBr. The first-order chi connectivity index (χ1) is 6.81. The Morgan fingerprint density at radius 1 is 1.43 bits per heavy atom. The lowest BCUT2D eigenvalue weighted by molar-refractivity contribution is 1.46. The molecule has 0 nitrogen and oxygen atoms in total. The van der Waals surface area contributed by atoms with Crippen molar-refractivity contribution < 1.29 is 0 Å². The van der Waals surface area contributed by atoms with Gasteiger partial charge in [-0.25, -0.2) is 0 Å². The molecule has 0 bridgehead atoms. The molecule has 2 heteroatoms. The number of halogens is 1. The van der Waals surface area contributed by atoms with Crippen LogP contribution in [0.3, 0.4) is 0 Å². The zero-order valence-corrected chi connectivity index (χ0v) is 10.4. The number of allylic oxidation sites excluding steroid dienone is 1. The second-order valence-corrected chi connectivity index (χ2v) is 4.78. The average molecular weight is 267 g/mol. The summed E-state index contributed by atoms with van der Waals surface area (Å²) in [4.78, 5) is 0. The van der Waals surface area contributed by atoms with E-state index in [1.165, 1.54) is 21.2 Å². The molecule has 0 spiro atoms. The maximum atomic E-state index is 3.46. The molecular formula is C12H11BrS. The summed E-state index contributed by atoms with van der Waals surface area (Å²) in [7, 11) is 0. The van der Waals surface area contributed by atoms with Crippen LogP contribution in [0.25, 0.3) is 16.2 Å². The highest BCUT2D eigenvalue weighted by atomic mass is 79.9. The topological polar surface area (TPSA) is 0 Å². The van der Waals surface area contributed by atoms with Gasteiger partial charge in [-0.1, -0.05) is 45.8 Å². The first-order valence-electron chi connectivity index (χ1n) is 4.50. The molecule has 1 heterocycles. The van der Waals surface area contributed by atoms with E-state index in [0.29, 0.717) is 0 Å². The van der Waals surface area contributed by atoms with Crippen LogP contribution < -0.4 is 0 Å². The lowest BCUT2D eigenvalue weighted by Crippen LogP contribution is -1.75. The van der Waals surface area contributed by atoms with Crippen molar-refractivity contribution >= 4 is 43.4 Å². The van der Waals surface area contributed by atoms with Gasteiger partial charge in [0.15, 0.2) is 0 Å². The largest absolute Gasteiger partial charge is 0.143 e. The van der Waals surface area contributed by atoms with E-state index >= 15 is 0 Å². The van der Waals surface area contributed by atoms with Gasteiger partial charge in [-0.2, -0.15) is 0 Å². The first kappa shape index (κ1) is 9.94. The Morgan fingerprint density at radius 3 is 3.00 bits per heavy atom. The normalized spacial score (nSPS) is 12.3. The van der Waals surface area contributed by atoms with E-state index in [1.54, 1.807) is 11.3 Å². The maximum absolute atomic E-state index is 3.46. The van der Waals surface area contributed by atoms with E-state index < -0.39 is 0 Å². The van der Waals surface area contributed by atoms with Crippen LogP contribution in [0.1, 0.15) is 12.5 Å². The molecular weight excluding hydrogens is 256 g/mol. The van der Waals surface area contributed by atoms with Gasteiger partial charge < -0.3 is 0 Å². The fraction of sp³-hybridized carbons (Fsp3) is 0.167. The van der Waals surface area contributed by atoms with Crippen LogP contribution in [0.15, 0.2) is 35.2 Å². The molecule has 0 atom stereocenters. The molecule has 0 unspecified atom stereocenters. The lowest BCUT2D eigenvalue weighted by atomic mass is 10.1. The van der Waals surface area contributed by atoms with Crippen molar-refractivity contribution in [2.45, 2.75) is 6.92 Å². The number of rotatable bonds is 2. The summed E-state index contributed by atoms with van der Waals surface area (Å²) in [6.07, 6.45) is 2.24. The molecule has 0 N–H and O–H groups in total. The van der Waals surface area contributed by atoms with Crippen molar-refractivity contribution in [2.24, 2.45) is 0 Å². The zero-order valence-electron chi connectivity index (χ0n) is 7.96. The molecule has 0 saturated carbocycles. The van der Waals surface area contributed by atoms with Gasteiger partial charge in [0.25, 0.3) is 0 Å². The van der Waals surface area contributed by atoms with Gasteiger partial charge in [0, 0.05) is 10.0 Å². The molecule has 0 aliphatic carbocycles. The summed E-state index contributed by atoms with van der Waals surface area (Å²) in [5.41, 5.74) is 2.69. The minimum absolute atomic E-state index is 0.942. The standard InChI is InChI=1S/C12H11BrS/c1-9(7-13)6-10-8-14-12-5-3-2-4-11(10)12/h2-6,8H,7H2,1H3. The van der Waals surface area contributed by atoms with Crippen molar-refractivity contribution in [2.75, 3.05) is 5.33 Å². The van der Waals surface area contributed by atoms with Gasteiger partial charge in [0.05, 0.1) is 0 Å². The zero-order chi connectivity index (χ0) is 9.97. The molecule has 2 rings (SSSR count). The highest BCUT2D eigenvalue weighted by Crippen LogP contribution is 2.27. The molecule has 0 amide bonds. The second-order valence-electron chi connectivity index (χ2n) is 3.31. The third-order valence-corrected chi connectivity index (χ3v) is 3.99. The number of alkyl halides is 1. The quantitative estimate of drug-likeness (QED) is 0.692. The van der Waals surface area contributed by atoms with Crippen molar-refractivity contribution in [3.05, 3.63) is 40.8 Å². The Morgan fingerprint density at radius 2 is 2.21 bits per heavy atom. The molecule has 0 aliphatic heterocycles. The smallest absolute Gasteiger partial charge is 0.0348 e. The summed E-state index contributed by atoms with van der Waals surface area (Å²) < 4.78 is 1.36. The van der Waals surface area contributed by atoms with E-state index in [9.17, 15) is 0 Å². The summed E-state index contributed by atoms with van der Waals surface area (Å²) in [6.45, 7) is 2.14. The number of benzene rings is 1. The van der Waals surface area contributed by atoms with E-state index in [-0.39, 0.29) is 0 Å². The Hall–Kier alpha value is -0.600. The fourth-order valence-electron chi connectivity index (χ4n) is 1.41. The van der Waals surface area contributed by atoms with Crippen molar-refractivity contribution in [1.82, 2.24) is 0 Å². The third kappa shape index (κ3) is 1.91. The molecule has 1 aromatic heterocycles. The van der Waals surface area contributed by atoms with Crippen LogP contribution in [0, 0.1) is 0 Å². The van der Waals surface area contributed by atoms with E-state index in [2.05, 4.69) is 58.6 Å². The highest BCUT2D eigenvalue weighted by Gasteiger charge is 2.00. The van der Waals surface area contributed by atoms with Gasteiger partial charge in [-0.15, -0.1) is 11.3 Å². The summed E-state index contributed by atoms with van der Waals surface area (Å²) in [5, 5.41) is 4.52. The molecule has 0 aliphatic rings. The average Bonchev–Trinajstić information content (AvgIpc) is 2.62. The van der Waals surface area contributed by atoms with Crippen LogP contribution in [0.5, 0.6) is 0 Å². The van der Waals surface area contributed by atoms with Gasteiger partial charge in [0.2, 0.25) is 0 Å². The monoisotopic (exact) mass is 266 g/mol. The Labute approximate surface area is 96.4 Å². The van der Waals surface area contributed by atoms with Gasteiger partial charge in [-0.05, 0) is 29.3 Å². The molecule has 14 heavy (non-hydrogen) atoms. The first-order valence-corrected chi connectivity index (χ1v) is 6.51. The van der Waals surface area contributed by atoms with Gasteiger partial charge in [0.1, 0.15) is 0 Å². The van der Waals surface area contributed by atoms with E-state index in [4.69, 9.17) is 0 Å². The summed E-state index contributed by atoms with van der Waals surface area (Å²) >= 11 is 5.27. The fourth-order valence-corrected chi connectivity index (χ4v) is 2.49. The van der Waals surface area contributed by atoms with Crippen molar-refractivity contribution in [1.29, 1.82) is 0 Å². The Kier molecular flexibility index (Phi) is 3.04. The minimum atomic E-state index is 0.942. The predicted octanol–water partition coefficient (Wildman–Crippen LogP) is 4.70. The van der Waals surface area contributed by atoms with Crippen LogP contribution in [0.4, 0.5) is 0 Å². The predicted molar refractivity (Wildman–Crippen MR) is 69.3 cm³/mol. The number of hydrogen-bond acceptors (Lipinski definition) is 1. The number of fused-ring (bicyclic) bond motifs is 1. The number of hydrogen-bond donors (Lipinski definition) is 0. The van der Waals surface area contributed by atoms with Gasteiger partial charge in [-0.3, -0.25) is 0 Å². The number of thiophene rings is 1. The highest BCUT2D eigenvalue weighted by molar-refractivity contribution is 9.09. The second kappa shape index (κ2) is 4.28.